The van der Waals surface area contributed by atoms with E-state index < -0.39 is 5.60 Å². The third-order valence-electron chi connectivity index (χ3n) is 4.98. The average Bonchev–Trinajstić information content (AvgIpc) is 3.09. The molecular formula is C16H22O2. The monoisotopic (exact) mass is 246 g/mol. The highest BCUT2D eigenvalue weighted by molar-refractivity contribution is 5.31. The Bertz CT molecular complexity index is 446. The SMILES string of the molecule is CC(O)(CC1OCCc2ccccc21)C1(C)CC1. The van der Waals surface area contributed by atoms with Crippen molar-refractivity contribution in [1.29, 1.82) is 0 Å². The molecule has 0 amide bonds. The maximum absolute atomic E-state index is 10.7. The Morgan fingerprint density at radius 2 is 2.11 bits per heavy atom. The van der Waals surface area contributed by atoms with E-state index in [9.17, 15) is 5.11 Å². The number of aliphatic hydroxyl groups is 1. The highest BCUT2D eigenvalue weighted by Gasteiger charge is 2.53. The molecule has 1 aliphatic carbocycles. The maximum Gasteiger partial charge on any atom is 0.0855 e. The van der Waals surface area contributed by atoms with E-state index >= 15 is 0 Å². The summed E-state index contributed by atoms with van der Waals surface area (Å²) < 4.78 is 5.90. The summed E-state index contributed by atoms with van der Waals surface area (Å²) in [6.07, 6.45) is 4.03. The van der Waals surface area contributed by atoms with Crippen LogP contribution >= 0.6 is 0 Å². The van der Waals surface area contributed by atoms with Crippen LogP contribution in [-0.4, -0.2) is 17.3 Å². The summed E-state index contributed by atoms with van der Waals surface area (Å²) in [5.74, 6) is 0. The molecular weight excluding hydrogens is 224 g/mol. The number of rotatable bonds is 3. The molecule has 1 aromatic carbocycles. The Balaban J connectivity index is 1.82. The van der Waals surface area contributed by atoms with Crippen molar-refractivity contribution in [3.8, 4) is 0 Å². The summed E-state index contributed by atoms with van der Waals surface area (Å²) in [6.45, 7) is 4.93. The molecule has 2 nitrogen and oxygen atoms in total. The second kappa shape index (κ2) is 4.07. The van der Waals surface area contributed by atoms with Gasteiger partial charge in [-0.2, -0.15) is 0 Å². The molecule has 0 saturated heterocycles. The van der Waals surface area contributed by atoms with Crippen LogP contribution in [0.25, 0.3) is 0 Å². The molecule has 0 spiro atoms. The second-order valence-corrected chi connectivity index (χ2v) is 6.35. The lowest BCUT2D eigenvalue weighted by Gasteiger charge is -2.36. The van der Waals surface area contributed by atoms with Crippen LogP contribution < -0.4 is 0 Å². The third-order valence-corrected chi connectivity index (χ3v) is 4.98. The van der Waals surface area contributed by atoms with Crippen LogP contribution in [0.5, 0.6) is 0 Å². The van der Waals surface area contributed by atoms with Gasteiger partial charge in [-0.15, -0.1) is 0 Å². The number of fused-ring (bicyclic) bond motifs is 1. The number of hydrogen-bond donors (Lipinski definition) is 1. The fourth-order valence-electron chi connectivity index (χ4n) is 2.98. The zero-order chi connectivity index (χ0) is 12.8. The predicted octanol–water partition coefficient (Wildman–Crippen LogP) is 3.24. The Morgan fingerprint density at radius 1 is 1.39 bits per heavy atom. The zero-order valence-electron chi connectivity index (χ0n) is 11.3. The number of hydrogen-bond acceptors (Lipinski definition) is 2. The van der Waals surface area contributed by atoms with E-state index in [1.807, 2.05) is 6.92 Å². The van der Waals surface area contributed by atoms with Gasteiger partial charge in [0.05, 0.1) is 18.3 Å². The van der Waals surface area contributed by atoms with Gasteiger partial charge in [-0.25, -0.2) is 0 Å². The minimum atomic E-state index is -0.623. The van der Waals surface area contributed by atoms with Gasteiger partial charge in [-0.05, 0) is 42.7 Å². The van der Waals surface area contributed by atoms with E-state index in [0.717, 1.165) is 25.9 Å². The standard InChI is InChI=1S/C16H22O2/c1-15(8-9-15)16(2,17)11-14-13-6-4-3-5-12(13)7-10-18-14/h3-6,14,17H,7-11H2,1-2H3. The summed E-state index contributed by atoms with van der Waals surface area (Å²) >= 11 is 0. The van der Waals surface area contributed by atoms with Gasteiger partial charge >= 0.3 is 0 Å². The molecule has 2 heteroatoms. The van der Waals surface area contributed by atoms with Gasteiger partial charge in [0.1, 0.15) is 0 Å². The molecule has 2 unspecified atom stereocenters. The van der Waals surface area contributed by atoms with E-state index in [2.05, 4.69) is 31.2 Å². The van der Waals surface area contributed by atoms with Crippen molar-refractivity contribution in [3.63, 3.8) is 0 Å². The van der Waals surface area contributed by atoms with Gasteiger partial charge in [0.2, 0.25) is 0 Å². The first-order valence-corrected chi connectivity index (χ1v) is 6.94. The minimum Gasteiger partial charge on any atom is -0.389 e. The zero-order valence-corrected chi connectivity index (χ0v) is 11.3. The first-order valence-electron chi connectivity index (χ1n) is 6.94. The fraction of sp³-hybridized carbons (Fsp3) is 0.625. The van der Waals surface area contributed by atoms with Crippen LogP contribution in [-0.2, 0) is 11.2 Å². The molecule has 0 radical (unpaired) electrons. The fourth-order valence-corrected chi connectivity index (χ4v) is 2.98. The van der Waals surface area contributed by atoms with E-state index in [1.165, 1.54) is 11.1 Å². The van der Waals surface area contributed by atoms with E-state index in [-0.39, 0.29) is 11.5 Å². The third kappa shape index (κ3) is 1.98. The Labute approximate surface area is 109 Å². The molecule has 3 rings (SSSR count). The van der Waals surface area contributed by atoms with Gasteiger partial charge in [0.15, 0.2) is 0 Å². The lowest BCUT2D eigenvalue weighted by molar-refractivity contribution is -0.0718. The van der Waals surface area contributed by atoms with Gasteiger partial charge in [0, 0.05) is 6.42 Å². The molecule has 18 heavy (non-hydrogen) atoms. The van der Waals surface area contributed by atoms with E-state index in [1.54, 1.807) is 0 Å². The molecule has 0 bridgehead atoms. The lowest BCUT2D eigenvalue weighted by Crippen LogP contribution is -2.37. The van der Waals surface area contributed by atoms with Crippen molar-refractivity contribution in [2.24, 2.45) is 5.41 Å². The minimum absolute atomic E-state index is 0.0578. The first-order chi connectivity index (χ1) is 8.52. The smallest absolute Gasteiger partial charge is 0.0855 e. The van der Waals surface area contributed by atoms with Gasteiger partial charge in [-0.3, -0.25) is 0 Å². The molecule has 1 N–H and O–H groups in total. The molecule has 98 valence electrons. The van der Waals surface area contributed by atoms with Crippen LogP contribution in [0, 0.1) is 5.41 Å². The molecule has 1 fully saturated rings. The highest BCUT2D eigenvalue weighted by atomic mass is 16.5. The molecule has 1 aliphatic heterocycles. The lowest BCUT2D eigenvalue weighted by atomic mass is 9.80. The quantitative estimate of drug-likeness (QED) is 0.887. The Kier molecular flexibility index (Phi) is 2.76. The Morgan fingerprint density at radius 3 is 2.83 bits per heavy atom. The van der Waals surface area contributed by atoms with Crippen molar-refractivity contribution in [3.05, 3.63) is 35.4 Å². The highest BCUT2D eigenvalue weighted by Crippen LogP contribution is 2.56. The predicted molar refractivity (Wildman–Crippen MR) is 71.4 cm³/mol. The van der Waals surface area contributed by atoms with Crippen molar-refractivity contribution < 1.29 is 9.84 Å². The number of ether oxygens (including phenoxy) is 1. The average molecular weight is 246 g/mol. The normalized spacial score (nSPS) is 28.3. The molecule has 2 atom stereocenters. The van der Waals surface area contributed by atoms with Crippen molar-refractivity contribution in [2.45, 2.75) is 51.2 Å². The van der Waals surface area contributed by atoms with Crippen LogP contribution in [0.2, 0.25) is 0 Å². The summed E-state index contributed by atoms with van der Waals surface area (Å²) in [5.41, 5.74) is 2.13. The topological polar surface area (TPSA) is 29.5 Å². The summed E-state index contributed by atoms with van der Waals surface area (Å²) in [4.78, 5) is 0. The van der Waals surface area contributed by atoms with Crippen LogP contribution in [0.3, 0.4) is 0 Å². The van der Waals surface area contributed by atoms with E-state index in [4.69, 9.17) is 4.74 Å². The number of benzene rings is 1. The first kappa shape index (κ1) is 12.2. The summed E-state index contributed by atoms with van der Waals surface area (Å²) in [5, 5.41) is 10.7. The van der Waals surface area contributed by atoms with Crippen LogP contribution in [0.1, 0.15) is 50.3 Å². The van der Waals surface area contributed by atoms with Crippen molar-refractivity contribution in [1.82, 2.24) is 0 Å². The van der Waals surface area contributed by atoms with Crippen LogP contribution in [0.15, 0.2) is 24.3 Å². The van der Waals surface area contributed by atoms with Gasteiger partial charge < -0.3 is 9.84 Å². The summed E-state index contributed by atoms with van der Waals surface area (Å²) in [6, 6.07) is 8.47. The van der Waals surface area contributed by atoms with Gasteiger partial charge in [0.25, 0.3) is 0 Å². The van der Waals surface area contributed by atoms with E-state index in [0.29, 0.717) is 6.42 Å². The van der Waals surface area contributed by atoms with Crippen molar-refractivity contribution in [2.75, 3.05) is 6.61 Å². The second-order valence-electron chi connectivity index (χ2n) is 6.35. The molecule has 1 saturated carbocycles. The summed E-state index contributed by atoms with van der Waals surface area (Å²) in [7, 11) is 0. The molecule has 0 aromatic heterocycles. The Hall–Kier alpha value is -0.860. The molecule has 1 heterocycles. The molecule has 1 aromatic rings. The largest absolute Gasteiger partial charge is 0.389 e. The molecule has 2 aliphatic rings. The van der Waals surface area contributed by atoms with Gasteiger partial charge in [-0.1, -0.05) is 31.2 Å². The van der Waals surface area contributed by atoms with Crippen molar-refractivity contribution >= 4 is 0 Å². The van der Waals surface area contributed by atoms with Crippen LogP contribution in [0.4, 0.5) is 0 Å². The maximum atomic E-state index is 10.7.